The molecular formula is C16H11FN4O2S. The Morgan fingerprint density at radius 2 is 1.83 bits per heavy atom. The third kappa shape index (κ3) is 3.28. The smallest absolute Gasteiger partial charge is 0.278 e. The van der Waals surface area contributed by atoms with Gasteiger partial charge in [-0.3, -0.25) is 19.7 Å². The molecule has 1 amide bonds. The van der Waals surface area contributed by atoms with Crippen molar-refractivity contribution in [3.8, 4) is 11.3 Å². The molecule has 3 rings (SSSR count). The molecule has 1 aromatic heterocycles. The normalized spacial score (nSPS) is 10.4. The summed E-state index contributed by atoms with van der Waals surface area (Å²) in [6.45, 7) is 0. The Morgan fingerprint density at radius 1 is 1.12 bits per heavy atom. The fourth-order valence-corrected chi connectivity index (χ4v) is 2.26. The fourth-order valence-electron chi connectivity index (χ4n) is 2.12. The van der Waals surface area contributed by atoms with Crippen LogP contribution in [0.3, 0.4) is 0 Å². The minimum Gasteiger partial charge on any atom is -0.321 e. The van der Waals surface area contributed by atoms with Gasteiger partial charge in [0.2, 0.25) is 0 Å². The molecule has 1 heterocycles. The molecule has 0 bridgehead atoms. The van der Waals surface area contributed by atoms with Crippen LogP contribution in [-0.4, -0.2) is 21.1 Å². The summed E-state index contributed by atoms with van der Waals surface area (Å²) in [6.07, 6.45) is 0. The monoisotopic (exact) mass is 342 g/mol. The summed E-state index contributed by atoms with van der Waals surface area (Å²) < 4.78 is 13.1. The van der Waals surface area contributed by atoms with Gasteiger partial charge < -0.3 is 5.32 Å². The number of aromatic nitrogens is 3. The molecular weight excluding hydrogens is 331 g/mol. The molecule has 8 heteroatoms. The van der Waals surface area contributed by atoms with Gasteiger partial charge in [-0.1, -0.05) is 18.2 Å². The van der Waals surface area contributed by atoms with Crippen LogP contribution in [0.4, 0.5) is 10.1 Å². The lowest BCUT2D eigenvalue weighted by Gasteiger charge is -2.10. The van der Waals surface area contributed by atoms with Crippen molar-refractivity contribution in [1.82, 2.24) is 15.2 Å². The van der Waals surface area contributed by atoms with Gasteiger partial charge in [0.05, 0.1) is 5.69 Å². The number of hydrogen-bond acceptors (Lipinski definition) is 4. The van der Waals surface area contributed by atoms with E-state index < -0.39 is 17.3 Å². The van der Waals surface area contributed by atoms with Crippen molar-refractivity contribution >= 4 is 23.8 Å². The number of anilines is 1. The molecule has 3 aromatic rings. The number of para-hydroxylation sites is 1. The number of hydrogen-bond donors (Lipinski definition) is 3. The molecule has 0 spiro atoms. The number of halogens is 1. The average Bonchev–Trinajstić information content (AvgIpc) is 2.56. The fraction of sp³-hybridized carbons (Fsp3) is 0. The zero-order chi connectivity index (χ0) is 17.1. The summed E-state index contributed by atoms with van der Waals surface area (Å²) >= 11 is 4.81. The molecule has 0 radical (unpaired) electrons. The van der Waals surface area contributed by atoms with Crippen LogP contribution in [0.25, 0.3) is 11.3 Å². The largest absolute Gasteiger partial charge is 0.321 e. The summed E-state index contributed by atoms with van der Waals surface area (Å²) in [5, 5.41) is 9.13. The summed E-state index contributed by atoms with van der Waals surface area (Å²) in [4.78, 5) is 26.8. The molecule has 0 aliphatic rings. The predicted octanol–water partition coefficient (Wildman–Crippen LogP) is 2.89. The molecule has 3 N–H and O–H groups in total. The second kappa shape index (κ2) is 6.55. The quantitative estimate of drug-likeness (QED) is 0.638. The molecule has 0 saturated heterocycles. The van der Waals surface area contributed by atoms with Crippen molar-refractivity contribution in [2.24, 2.45) is 0 Å². The molecule has 0 atom stereocenters. The van der Waals surface area contributed by atoms with E-state index in [-0.39, 0.29) is 10.5 Å². The molecule has 0 unspecified atom stereocenters. The van der Waals surface area contributed by atoms with Crippen LogP contribution in [-0.2, 0) is 0 Å². The number of aromatic amines is 2. The van der Waals surface area contributed by atoms with Gasteiger partial charge in [-0.25, -0.2) is 4.39 Å². The van der Waals surface area contributed by atoms with E-state index in [1.807, 2.05) is 0 Å². The van der Waals surface area contributed by atoms with Crippen LogP contribution in [0, 0.1) is 10.6 Å². The third-order valence-corrected chi connectivity index (χ3v) is 3.44. The Bertz CT molecular complexity index is 1010. The first kappa shape index (κ1) is 15.8. The van der Waals surface area contributed by atoms with E-state index in [0.717, 1.165) is 0 Å². The van der Waals surface area contributed by atoms with Crippen molar-refractivity contribution in [2.75, 3.05) is 5.32 Å². The number of carbonyl (C=O) groups is 1. The van der Waals surface area contributed by atoms with E-state index in [1.54, 1.807) is 24.3 Å². The lowest BCUT2D eigenvalue weighted by atomic mass is 10.1. The Labute approximate surface area is 140 Å². The molecule has 0 aliphatic carbocycles. The van der Waals surface area contributed by atoms with Gasteiger partial charge in [-0.2, -0.15) is 5.10 Å². The second-order valence-corrected chi connectivity index (χ2v) is 5.27. The summed E-state index contributed by atoms with van der Waals surface area (Å²) in [6, 6.07) is 11.9. The van der Waals surface area contributed by atoms with E-state index in [1.165, 1.54) is 24.3 Å². The molecule has 0 aliphatic heterocycles. The van der Waals surface area contributed by atoms with E-state index in [9.17, 15) is 14.0 Å². The molecule has 120 valence electrons. The predicted molar refractivity (Wildman–Crippen MR) is 89.8 cm³/mol. The number of nitrogens with zero attached hydrogens (tertiary/aromatic N) is 1. The van der Waals surface area contributed by atoms with E-state index in [2.05, 4.69) is 20.5 Å². The Kier molecular flexibility index (Phi) is 4.30. The first-order valence-corrected chi connectivity index (χ1v) is 7.31. The zero-order valence-corrected chi connectivity index (χ0v) is 13.0. The highest BCUT2D eigenvalue weighted by molar-refractivity contribution is 7.71. The van der Waals surface area contributed by atoms with Crippen LogP contribution >= 0.6 is 12.2 Å². The highest BCUT2D eigenvalue weighted by Crippen LogP contribution is 2.24. The van der Waals surface area contributed by atoms with Crippen LogP contribution < -0.4 is 10.9 Å². The SMILES string of the molecule is O=C(Nc1ccccc1-c1n[nH]c(=S)[nH]c1=O)c1ccc(F)cc1. The highest BCUT2D eigenvalue weighted by atomic mass is 32.1. The third-order valence-electron chi connectivity index (χ3n) is 3.25. The number of rotatable bonds is 3. The van der Waals surface area contributed by atoms with Gasteiger partial charge >= 0.3 is 0 Å². The molecule has 24 heavy (non-hydrogen) atoms. The minimum atomic E-state index is -0.470. The number of H-pyrrole nitrogens is 2. The maximum Gasteiger partial charge on any atom is 0.278 e. The van der Waals surface area contributed by atoms with Crippen LogP contribution in [0.1, 0.15) is 10.4 Å². The van der Waals surface area contributed by atoms with Gasteiger partial charge in [0, 0.05) is 11.1 Å². The Morgan fingerprint density at radius 3 is 2.54 bits per heavy atom. The standard InChI is InChI=1S/C16H11FN4O2S/c17-10-7-5-9(6-8-10)14(22)18-12-4-2-1-3-11(12)13-15(23)19-16(24)21-20-13/h1-8H,(H,18,22)(H2,19,21,23,24). The Hall–Kier alpha value is -3.13. The maximum absolute atomic E-state index is 12.9. The topological polar surface area (TPSA) is 90.6 Å². The van der Waals surface area contributed by atoms with Crippen LogP contribution in [0.2, 0.25) is 0 Å². The minimum absolute atomic E-state index is 0.0959. The van der Waals surface area contributed by atoms with Crippen LogP contribution in [0.5, 0.6) is 0 Å². The maximum atomic E-state index is 12.9. The van der Waals surface area contributed by atoms with Crippen LogP contribution in [0.15, 0.2) is 53.3 Å². The van der Waals surface area contributed by atoms with Gasteiger partial charge in [0.15, 0.2) is 10.5 Å². The summed E-state index contributed by atoms with van der Waals surface area (Å²) in [5.74, 6) is -0.857. The Balaban J connectivity index is 1.98. The van der Waals surface area contributed by atoms with Crippen molar-refractivity contribution < 1.29 is 9.18 Å². The van der Waals surface area contributed by atoms with Crippen molar-refractivity contribution in [1.29, 1.82) is 0 Å². The highest BCUT2D eigenvalue weighted by Gasteiger charge is 2.13. The van der Waals surface area contributed by atoms with E-state index in [0.29, 0.717) is 16.8 Å². The van der Waals surface area contributed by atoms with Gasteiger partial charge in [0.25, 0.3) is 11.5 Å². The first-order chi connectivity index (χ1) is 11.5. The average molecular weight is 342 g/mol. The number of benzene rings is 2. The molecule has 6 nitrogen and oxygen atoms in total. The molecule has 0 saturated carbocycles. The van der Waals surface area contributed by atoms with Crippen molar-refractivity contribution in [3.63, 3.8) is 0 Å². The van der Waals surface area contributed by atoms with Gasteiger partial charge in [-0.15, -0.1) is 0 Å². The first-order valence-electron chi connectivity index (χ1n) is 6.90. The van der Waals surface area contributed by atoms with Gasteiger partial charge in [0.1, 0.15) is 5.82 Å². The molecule has 2 aromatic carbocycles. The number of nitrogens with one attached hydrogen (secondary N) is 3. The summed E-state index contributed by atoms with van der Waals surface area (Å²) in [5.41, 5.74) is 0.747. The lowest BCUT2D eigenvalue weighted by molar-refractivity contribution is 0.102. The zero-order valence-electron chi connectivity index (χ0n) is 12.2. The number of amides is 1. The van der Waals surface area contributed by atoms with Crippen molar-refractivity contribution in [2.45, 2.75) is 0 Å². The number of carbonyl (C=O) groups excluding carboxylic acids is 1. The second-order valence-electron chi connectivity index (χ2n) is 4.86. The lowest BCUT2D eigenvalue weighted by Crippen LogP contribution is -2.16. The van der Waals surface area contributed by atoms with E-state index in [4.69, 9.17) is 12.2 Å². The molecule has 0 fully saturated rings. The van der Waals surface area contributed by atoms with E-state index >= 15 is 0 Å². The van der Waals surface area contributed by atoms with Crippen molar-refractivity contribution in [3.05, 3.63) is 75.0 Å². The van der Waals surface area contributed by atoms with Gasteiger partial charge in [-0.05, 0) is 42.5 Å². The summed E-state index contributed by atoms with van der Waals surface area (Å²) in [7, 11) is 0.